The Morgan fingerprint density at radius 2 is 1.50 bits per heavy atom. The van der Waals surface area contributed by atoms with Crippen LogP contribution in [0.15, 0.2) is 9.59 Å². The van der Waals surface area contributed by atoms with E-state index in [9.17, 15) is 9.59 Å². The van der Waals surface area contributed by atoms with Crippen molar-refractivity contribution in [1.29, 1.82) is 0 Å². The largest absolute Gasteiger partial charge is 0.336 e. The first-order valence-corrected chi connectivity index (χ1v) is 12.2. The van der Waals surface area contributed by atoms with E-state index in [0.717, 1.165) is 37.9 Å². The van der Waals surface area contributed by atoms with Crippen molar-refractivity contribution in [3.63, 3.8) is 0 Å². The zero-order valence-electron chi connectivity index (χ0n) is 19.1. The number of nitrogens with one attached hydrogen (secondary N) is 1. The topological polar surface area (TPSA) is 72.7 Å². The number of aromatic nitrogens is 4. The fraction of sp³-hybridized carbons (Fsp3) is 0.792. The van der Waals surface area contributed by atoms with Gasteiger partial charge >= 0.3 is 5.69 Å². The predicted molar refractivity (Wildman–Crippen MR) is 121 cm³/mol. The molecule has 2 aromatic rings. The van der Waals surface area contributed by atoms with E-state index in [1.165, 1.54) is 49.5 Å². The van der Waals surface area contributed by atoms with Crippen molar-refractivity contribution < 1.29 is 0 Å². The lowest BCUT2D eigenvalue weighted by Gasteiger charge is -2.53. The summed E-state index contributed by atoms with van der Waals surface area (Å²) in [5, 5.41) is 0. The molecule has 0 amide bonds. The van der Waals surface area contributed by atoms with Gasteiger partial charge in [-0.3, -0.25) is 13.9 Å². The van der Waals surface area contributed by atoms with Crippen molar-refractivity contribution in [3.8, 4) is 0 Å². The van der Waals surface area contributed by atoms with E-state index in [0.29, 0.717) is 29.7 Å². The zero-order valence-corrected chi connectivity index (χ0v) is 19.1. The summed E-state index contributed by atoms with van der Waals surface area (Å²) in [7, 11) is 0. The van der Waals surface area contributed by atoms with E-state index in [2.05, 4.69) is 18.8 Å². The minimum absolute atomic E-state index is 0.0562. The highest BCUT2D eigenvalue weighted by molar-refractivity contribution is 5.70. The second-order valence-electron chi connectivity index (χ2n) is 9.91. The maximum atomic E-state index is 13.1. The highest BCUT2D eigenvalue weighted by atomic mass is 16.2. The second kappa shape index (κ2) is 8.35. The quantitative estimate of drug-likeness (QED) is 0.595. The molecule has 0 spiro atoms. The minimum Gasteiger partial charge on any atom is -0.336 e. The van der Waals surface area contributed by atoms with Crippen LogP contribution < -0.4 is 11.2 Å². The highest BCUT2D eigenvalue weighted by Gasteiger charge is 2.50. The first-order valence-electron chi connectivity index (χ1n) is 12.2. The average Bonchev–Trinajstić information content (AvgIpc) is 3.22. The SMILES string of the molecule is CCCCCC12CCC(c3nc4c([nH]3)c(=O)n(CCC)c(=O)n4CCC)(CC1)CC2. The van der Waals surface area contributed by atoms with E-state index in [1.54, 1.807) is 4.57 Å². The van der Waals surface area contributed by atoms with E-state index in [-0.39, 0.29) is 16.7 Å². The summed E-state index contributed by atoms with van der Waals surface area (Å²) in [6, 6.07) is 0. The van der Waals surface area contributed by atoms with Crippen LogP contribution in [0.3, 0.4) is 0 Å². The van der Waals surface area contributed by atoms with Crippen molar-refractivity contribution in [2.24, 2.45) is 5.41 Å². The molecule has 2 aromatic heterocycles. The molecule has 3 aliphatic carbocycles. The molecular formula is C24H38N4O2. The second-order valence-corrected chi connectivity index (χ2v) is 9.91. The smallest absolute Gasteiger partial charge is 0.332 e. The van der Waals surface area contributed by atoms with Crippen molar-refractivity contribution >= 4 is 11.2 Å². The normalized spacial score (nSPS) is 26.0. The maximum absolute atomic E-state index is 13.1. The lowest BCUT2D eigenvalue weighted by atomic mass is 9.52. The Morgan fingerprint density at radius 1 is 0.867 bits per heavy atom. The molecule has 2 heterocycles. The van der Waals surface area contributed by atoms with Crippen LogP contribution in [0.25, 0.3) is 11.2 Å². The average molecular weight is 415 g/mol. The number of unbranched alkanes of at least 4 members (excludes halogenated alkanes) is 2. The monoisotopic (exact) mass is 414 g/mol. The Balaban J connectivity index is 1.70. The van der Waals surface area contributed by atoms with Gasteiger partial charge in [-0.25, -0.2) is 9.78 Å². The molecule has 3 fully saturated rings. The van der Waals surface area contributed by atoms with Gasteiger partial charge in [0.2, 0.25) is 0 Å². The van der Waals surface area contributed by atoms with Crippen LogP contribution in [0.5, 0.6) is 0 Å². The molecule has 0 aliphatic heterocycles. The molecule has 5 rings (SSSR count). The molecule has 0 unspecified atom stereocenters. The minimum atomic E-state index is -0.214. The predicted octanol–water partition coefficient (Wildman–Crippen LogP) is 4.88. The standard InChI is InChI=1S/C24H38N4O2/c1-4-7-8-9-23-10-13-24(14-11-23,15-12-23)21-25-18-19(26-21)27(16-5-2)22(30)28(17-6-3)20(18)29/h4-17H2,1-3H3,(H,25,26). The van der Waals surface area contributed by atoms with Gasteiger partial charge in [0.05, 0.1) is 0 Å². The molecule has 0 aromatic carbocycles. The third-order valence-electron chi connectivity index (χ3n) is 7.97. The van der Waals surface area contributed by atoms with Crippen molar-refractivity contribution in [1.82, 2.24) is 19.1 Å². The summed E-state index contributed by atoms with van der Waals surface area (Å²) in [6.07, 6.45) is 14.2. The first kappa shape index (κ1) is 21.4. The molecule has 0 saturated heterocycles. The Morgan fingerprint density at radius 3 is 2.10 bits per heavy atom. The van der Waals surface area contributed by atoms with Gasteiger partial charge in [-0.2, -0.15) is 0 Å². The molecule has 30 heavy (non-hydrogen) atoms. The fourth-order valence-electron chi connectivity index (χ4n) is 6.01. The fourth-order valence-corrected chi connectivity index (χ4v) is 6.01. The van der Waals surface area contributed by atoms with Crippen LogP contribution in [0, 0.1) is 5.41 Å². The van der Waals surface area contributed by atoms with Gasteiger partial charge in [0.25, 0.3) is 5.56 Å². The van der Waals surface area contributed by atoms with E-state index < -0.39 is 0 Å². The van der Waals surface area contributed by atoms with E-state index in [4.69, 9.17) is 4.98 Å². The van der Waals surface area contributed by atoms with Gasteiger partial charge in [0.15, 0.2) is 5.65 Å². The van der Waals surface area contributed by atoms with Crippen LogP contribution >= 0.6 is 0 Å². The number of H-pyrrole nitrogens is 1. The first-order chi connectivity index (χ1) is 14.5. The summed E-state index contributed by atoms with van der Waals surface area (Å²) in [5.41, 5.74) is 1.26. The van der Waals surface area contributed by atoms with Crippen LogP contribution in [-0.2, 0) is 18.5 Å². The molecule has 6 nitrogen and oxygen atoms in total. The van der Waals surface area contributed by atoms with Gasteiger partial charge in [0, 0.05) is 18.5 Å². The maximum Gasteiger partial charge on any atom is 0.332 e. The Bertz CT molecular complexity index is 988. The Kier molecular flexibility index (Phi) is 5.95. The number of hydrogen-bond donors (Lipinski definition) is 1. The molecule has 2 bridgehead atoms. The summed E-state index contributed by atoms with van der Waals surface area (Å²) in [4.78, 5) is 34.4. The summed E-state index contributed by atoms with van der Waals surface area (Å²) in [5.74, 6) is 0.954. The molecule has 0 radical (unpaired) electrons. The van der Waals surface area contributed by atoms with Gasteiger partial charge in [-0.1, -0.05) is 40.0 Å². The Labute approximate surface area is 179 Å². The van der Waals surface area contributed by atoms with Crippen LogP contribution in [0.2, 0.25) is 0 Å². The number of nitrogens with zero attached hydrogens (tertiary/aromatic N) is 3. The molecule has 0 atom stereocenters. The van der Waals surface area contributed by atoms with Gasteiger partial charge in [-0.05, 0) is 63.2 Å². The van der Waals surface area contributed by atoms with Gasteiger partial charge < -0.3 is 4.98 Å². The number of rotatable bonds is 9. The molecule has 3 saturated carbocycles. The van der Waals surface area contributed by atoms with E-state index >= 15 is 0 Å². The lowest BCUT2D eigenvalue weighted by molar-refractivity contribution is 0.0269. The third-order valence-corrected chi connectivity index (χ3v) is 7.97. The number of aryl methyl sites for hydroxylation is 1. The summed E-state index contributed by atoms with van der Waals surface area (Å²) >= 11 is 0. The van der Waals surface area contributed by atoms with Crippen LogP contribution in [0.1, 0.15) is 104 Å². The van der Waals surface area contributed by atoms with Crippen LogP contribution in [-0.4, -0.2) is 19.1 Å². The van der Waals surface area contributed by atoms with Crippen LogP contribution in [0.4, 0.5) is 0 Å². The number of aromatic amines is 1. The third kappa shape index (κ3) is 3.46. The molecule has 1 N–H and O–H groups in total. The van der Waals surface area contributed by atoms with Crippen molar-refractivity contribution in [3.05, 3.63) is 26.7 Å². The number of fused-ring (bicyclic) bond motifs is 4. The molecule has 6 heteroatoms. The summed E-state index contributed by atoms with van der Waals surface area (Å²) in [6.45, 7) is 7.38. The van der Waals surface area contributed by atoms with Gasteiger partial charge in [-0.15, -0.1) is 0 Å². The highest BCUT2D eigenvalue weighted by Crippen LogP contribution is 2.59. The summed E-state index contributed by atoms with van der Waals surface area (Å²) < 4.78 is 3.10. The lowest BCUT2D eigenvalue weighted by Crippen LogP contribution is -2.44. The Hall–Kier alpha value is -1.85. The van der Waals surface area contributed by atoms with E-state index in [1.807, 2.05) is 6.92 Å². The molecule has 3 aliphatic rings. The number of hydrogen-bond acceptors (Lipinski definition) is 3. The van der Waals surface area contributed by atoms with Crippen molar-refractivity contribution in [2.45, 2.75) is 116 Å². The molecular weight excluding hydrogens is 376 g/mol. The number of imidazole rings is 1. The zero-order chi connectivity index (χ0) is 21.4. The molecule has 166 valence electrons. The van der Waals surface area contributed by atoms with Gasteiger partial charge in [0.1, 0.15) is 11.3 Å². The van der Waals surface area contributed by atoms with Crippen molar-refractivity contribution in [2.75, 3.05) is 0 Å².